The van der Waals surface area contributed by atoms with Gasteiger partial charge >= 0.3 is 0 Å². The van der Waals surface area contributed by atoms with Crippen LogP contribution >= 0.6 is 24.0 Å². The molecule has 0 aromatic heterocycles. The number of carbonyl (C=O) groups is 1. The Morgan fingerprint density at radius 3 is 2.28 bits per heavy atom. The van der Waals surface area contributed by atoms with Gasteiger partial charge < -0.3 is 20.3 Å². The van der Waals surface area contributed by atoms with Crippen molar-refractivity contribution in [2.24, 2.45) is 4.99 Å². The zero-order valence-electron chi connectivity index (χ0n) is 16.0. The van der Waals surface area contributed by atoms with Crippen molar-refractivity contribution < 1.29 is 9.53 Å². The lowest BCUT2D eigenvalue weighted by Gasteiger charge is -2.24. The van der Waals surface area contributed by atoms with Crippen LogP contribution in [-0.4, -0.2) is 56.7 Å². The summed E-state index contributed by atoms with van der Waals surface area (Å²) in [6.45, 7) is 8.05. The van der Waals surface area contributed by atoms with Gasteiger partial charge in [-0.15, -0.1) is 24.0 Å². The molecule has 0 bridgehead atoms. The zero-order valence-corrected chi connectivity index (χ0v) is 18.4. The molecule has 0 radical (unpaired) electrons. The van der Waals surface area contributed by atoms with Crippen molar-refractivity contribution in [3.63, 3.8) is 0 Å². The Balaban J connectivity index is 0.00000576. The fourth-order valence-corrected chi connectivity index (χ4v) is 1.89. The summed E-state index contributed by atoms with van der Waals surface area (Å²) in [6, 6.07) is 7.54. The van der Waals surface area contributed by atoms with Crippen LogP contribution in [0.4, 0.5) is 0 Å². The molecule has 0 heterocycles. The van der Waals surface area contributed by atoms with E-state index >= 15 is 0 Å². The molecular weight excluding hydrogens is 431 g/mol. The highest BCUT2D eigenvalue weighted by molar-refractivity contribution is 14.0. The molecule has 1 amide bonds. The smallest absolute Gasteiger partial charge is 0.253 e. The minimum atomic E-state index is -0.260. The SMILES string of the molecule is CCNC(=NCc1ccc(C(=O)N(C)C)cc1)NCC(C)(C)OC.I. The summed E-state index contributed by atoms with van der Waals surface area (Å²) in [5, 5.41) is 6.50. The predicted molar refractivity (Wildman–Crippen MR) is 114 cm³/mol. The molecule has 142 valence electrons. The Hall–Kier alpha value is -1.35. The highest BCUT2D eigenvalue weighted by atomic mass is 127. The van der Waals surface area contributed by atoms with Gasteiger partial charge in [0, 0.05) is 39.9 Å². The monoisotopic (exact) mass is 462 g/mol. The number of guanidine groups is 1. The molecule has 0 saturated carbocycles. The van der Waals surface area contributed by atoms with E-state index in [1.54, 1.807) is 26.1 Å². The number of methoxy groups -OCH3 is 1. The normalized spacial score (nSPS) is 11.5. The van der Waals surface area contributed by atoms with E-state index in [0.717, 1.165) is 18.1 Å². The third kappa shape index (κ3) is 8.53. The Morgan fingerprint density at radius 1 is 1.20 bits per heavy atom. The van der Waals surface area contributed by atoms with Crippen LogP contribution < -0.4 is 10.6 Å². The first-order valence-electron chi connectivity index (χ1n) is 8.17. The molecule has 1 rings (SSSR count). The largest absolute Gasteiger partial charge is 0.377 e. The van der Waals surface area contributed by atoms with Crippen molar-refractivity contribution >= 4 is 35.8 Å². The van der Waals surface area contributed by atoms with Gasteiger partial charge in [-0.05, 0) is 38.5 Å². The van der Waals surface area contributed by atoms with E-state index in [-0.39, 0.29) is 35.5 Å². The molecule has 0 unspecified atom stereocenters. The average molecular weight is 462 g/mol. The van der Waals surface area contributed by atoms with Crippen molar-refractivity contribution in [1.82, 2.24) is 15.5 Å². The molecule has 0 saturated heterocycles. The van der Waals surface area contributed by atoms with Gasteiger partial charge in [-0.3, -0.25) is 4.79 Å². The van der Waals surface area contributed by atoms with Gasteiger partial charge in [0.2, 0.25) is 0 Å². The van der Waals surface area contributed by atoms with Crippen molar-refractivity contribution in [2.45, 2.75) is 32.9 Å². The van der Waals surface area contributed by atoms with Crippen LogP contribution in [0.25, 0.3) is 0 Å². The number of nitrogens with one attached hydrogen (secondary N) is 2. The topological polar surface area (TPSA) is 66.0 Å². The maximum Gasteiger partial charge on any atom is 0.253 e. The molecule has 0 fully saturated rings. The number of hydrogen-bond acceptors (Lipinski definition) is 3. The van der Waals surface area contributed by atoms with Gasteiger partial charge in [0.1, 0.15) is 0 Å². The highest BCUT2D eigenvalue weighted by Gasteiger charge is 2.16. The minimum absolute atomic E-state index is 0. The van der Waals surface area contributed by atoms with Crippen LogP contribution in [0.1, 0.15) is 36.7 Å². The van der Waals surface area contributed by atoms with Gasteiger partial charge in [0.05, 0.1) is 12.1 Å². The molecule has 0 atom stereocenters. The summed E-state index contributed by atoms with van der Waals surface area (Å²) in [6.07, 6.45) is 0. The quantitative estimate of drug-likeness (QED) is 0.371. The molecule has 0 aliphatic rings. The van der Waals surface area contributed by atoms with E-state index in [9.17, 15) is 4.79 Å². The van der Waals surface area contributed by atoms with E-state index in [1.165, 1.54) is 0 Å². The lowest BCUT2D eigenvalue weighted by Crippen LogP contribution is -2.45. The molecule has 1 aromatic carbocycles. The molecule has 0 aliphatic carbocycles. The number of amides is 1. The van der Waals surface area contributed by atoms with Crippen LogP contribution in [0.15, 0.2) is 29.3 Å². The van der Waals surface area contributed by atoms with E-state index in [0.29, 0.717) is 18.7 Å². The van der Waals surface area contributed by atoms with Gasteiger partial charge in [0.15, 0.2) is 5.96 Å². The second-order valence-corrected chi connectivity index (χ2v) is 6.41. The molecule has 1 aromatic rings. The molecule has 6 nitrogen and oxygen atoms in total. The Morgan fingerprint density at radius 2 is 1.80 bits per heavy atom. The molecule has 25 heavy (non-hydrogen) atoms. The Kier molecular flexibility index (Phi) is 10.7. The number of rotatable bonds is 7. The maximum atomic E-state index is 11.9. The summed E-state index contributed by atoms with van der Waals surface area (Å²) < 4.78 is 5.40. The van der Waals surface area contributed by atoms with Crippen molar-refractivity contribution in [3.05, 3.63) is 35.4 Å². The van der Waals surface area contributed by atoms with Crippen molar-refractivity contribution in [3.8, 4) is 0 Å². The minimum Gasteiger partial charge on any atom is -0.377 e. The average Bonchev–Trinajstić information content (AvgIpc) is 2.57. The van der Waals surface area contributed by atoms with E-state index in [1.807, 2.05) is 45.0 Å². The standard InChI is InChI=1S/C18H30N4O2.HI/c1-7-19-17(21-13-18(2,3)24-6)20-12-14-8-10-15(11-9-14)16(23)22(4)5;/h8-11H,7,12-13H2,1-6H3,(H2,19,20,21);1H. The van der Waals surface area contributed by atoms with E-state index in [4.69, 9.17) is 4.74 Å². The second-order valence-electron chi connectivity index (χ2n) is 6.41. The number of nitrogens with zero attached hydrogens (tertiary/aromatic N) is 2. The molecule has 2 N–H and O–H groups in total. The molecule has 0 spiro atoms. The van der Waals surface area contributed by atoms with E-state index in [2.05, 4.69) is 15.6 Å². The van der Waals surface area contributed by atoms with Crippen LogP contribution in [0.3, 0.4) is 0 Å². The fraction of sp³-hybridized carbons (Fsp3) is 0.556. The van der Waals surface area contributed by atoms with Crippen LogP contribution in [0, 0.1) is 0 Å². The first kappa shape index (κ1) is 23.6. The molecular formula is C18H31IN4O2. The fourth-order valence-electron chi connectivity index (χ4n) is 1.89. The van der Waals surface area contributed by atoms with Gasteiger partial charge in [-0.1, -0.05) is 12.1 Å². The Bertz CT molecular complexity index is 557. The second kappa shape index (κ2) is 11.3. The van der Waals surface area contributed by atoms with E-state index < -0.39 is 0 Å². The number of hydrogen-bond donors (Lipinski definition) is 2. The van der Waals surface area contributed by atoms with Gasteiger partial charge in [-0.2, -0.15) is 0 Å². The zero-order chi connectivity index (χ0) is 18.2. The van der Waals surface area contributed by atoms with Crippen molar-refractivity contribution in [2.75, 3.05) is 34.3 Å². The van der Waals surface area contributed by atoms with Crippen LogP contribution in [-0.2, 0) is 11.3 Å². The van der Waals surface area contributed by atoms with Crippen molar-refractivity contribution in [1.29, 1.82) is 0 Å². The number of ether oxygens (including phenoxy) is 1. The first-order valence-corrected chi connectivity index (χ1v) is 8.17. The number of halogens is 1. The van der Waals surface area contributed by atoms with Crippen LogP contribution in [0.5, 0.6) is 0 Å². The summed E-state index contributed by atoms with van der Waals surface area (Å²) in [5.41, 5.74) is 1.47. The lowest BCUT2D eigenvalue weighted by molar-refractivity contribution is 0.0268. The predicted octanol–water partition coefficient (Wildman–Crippen LogP) is 2.49. The number of carbonyl (C=O) groups excluding carboxylic acids is 1. The maximum absolute atomic E-state index is 11.9. The number of aliphatic imine (C=N–C) groups is 1. The van der Waals surface area contributed by atoms with Gasteiger partial charge in [-0.25, -0.2) is 4.99 Å². The molecule has 7 heteroatoms. The molecule has 0 aliphatic heterocycles. The summed E-state index contributed by atoms with van der Waals surface area (Å²) in [4.78, 5) is 18.0. The summed E-state index contributed by atoms with van der Waals surface area (Å²) in [7, 11) is 5.19. The lowest BCUT2D eigenvalue weighted by atomic mass is 10.1. The third-order valence-corrected chi connectivity index (χ3v) is 3.61. The van der Waals surface area contributed by atoms with Gasteiger partial charge in [0.25, 0.3) is 5.91 Å². The summed E-state index contributed by atoms with van der Waals surface area (Å²) in [5.74, 6) is 0.748. The van der Waals surface area contributed by atoms with Crippen LogP contribution in [0.2, 0.25) is 0 Å². The first-order chi connectivity index (χ1) is 11.3. The summed E-state index contributed by atoms with van der Waals surface area (Å²) >= 11 is 0. The third-order valence-electron chi connectivity index (χ3n) is 3.61. The Labute approximate surface area is 168 Å². The number of benzene rings is 1. The highest BCUT2D eigenvalue weighted by Crippen LogP contribution is 2.08.